The third-order valence-electron chi connectivity index (χ3n) is 14.1. The Morgan fingerprint density at radius 1 is 0.877 bits per heavy atom. The minimum Gasteiger partial charge on any atom is -0.478 e. The SMILES string of the molecule is Cc1c(C(=O)O)c(-c2cccc(N3CCN(c4ccc(N5CCO[P@@]5(=O)c5ccc(N[C@H](CCN6CCC(OP=O)CC6)CSc6ccccc6)c([N+](=O)[O-])c5)cc4)CC3)c2)c(-c2ccc(Cl)cc2)n1C(C)C. The Balaban J connectivity index is 0.879. The molecule has 0 saturated carbocycles. The maximum absolute atomic E-state index is 14.9. The molecular formula is C54H60ClN7O8P2S. The number of likely N-dealkylation sites (tertiary alicyclic amines) is 1. The van der Waals surface area contributed by atoms with Crippen LogP contribution >= 0.6 is 39.6 Å². The number of nitro benzene ring substituents is 1. The Morgan fingerprint density at radius 3 is 2.22 bits per heavy atom. The number of thioether (sulfide) groups is 1. The average Bonchev–Trinajstić information content (AvgIpc) is 3.96. The molecule has 0 aliphatic carbocycles. The van der Waals surface area contributed by atoms with E-state index in [2.05, 4.69) is 62.7 Å². The van der Waals surface area contributed by atoms with Crippen LogP contribution < -0.4 is 25.1 Å². The monoisotopic (exact) mass is 1060 g/mol. The second-order valence-electron chi connectivity index (χ2n) is 18.9. The fraction of sp³-hybridized carbons (Fsp3) is 0.352. The molecule has 0 radical (unpaired) electrons. The Morgan fingerprint density at radius 2 is 1.56 bits per heavy atom. The molecule has 0 bridgehead atoms. The highest BCUT2D eigenvalue weighted by Crippen LogP contribution is 2.56. The van der Waals surface area contributed by atoms with E-state index in [1.807, 2.05) is 85.8 Å². The zero-order valence-corrected chi connectivity index (χ0v) is 44.5. The number of hydrogen-bond acceptors (Lipinski definition) is 12. The number of carbonyl (C=O) groups is 1. The van der Waals surface area contributed by atoms with Crippen molar-refractivity contribution < 1.29 is 33.0 Å². The van der Waals surface area contributed by atoms with Gasteiger partial charge < -0.3 is 34.2 Å². The van der Waals surface area contributed by atoms with E-state index in [9.17, 15) is 29.1 Å². The van der Waals surface area contributed by atoms with Crippen LogP contribution in [-0.2, 0) is 18.2 Å². The first-order chi connectivity index (χ1) is 35.3. The van der Waals surface area contributed by atoms with E-state index in [0.717, 1.165) is 98.2 Å². The van der Waals surface area contributed by atoms with Gasteiger partial charge in [0.1, 0.15) is 5.69 Å². The minimum absolute atomic E-state index is 0.0132. The van der Waals surface area contributed by atoms with Gasteiger partial charge >= 0.3 is 22.2 Å². The van der Waals surface area contributed by atoms with E-state index >= 15 is 0 Å². The summed E-state index contributed by atoms with van der Waals surface area (Å²) in [6, 6.07) is 38.3. The standard InChI is InChI=1S/C54H60ClN7O8P2S/c1-37(2)61-38(3)51(54(63)64)52(53(61)39-12-14-41(55)15-13-39)40-8-7-9-45(34-40)59-30-28-58(29-31-59)43-16-18-44(19-17-43)60-32-33-69-72(60,68)47-20-21-49(50(35-47)62(65)66)56-42(36-73-48-10-5-4-6-11-48)22-25-57-26-23-46(24-27-57)70-71-67/h4-21,34-35,37,42,46,56H,22-33,36H2,1-3H3,(H,63,64)/t42-,72+/m1/s1. The Hall–Kier alpha value is -5.70. The van der Waals surface area contributed by atoms with Crippen molar-refractivity contribution >= 4 is 79.3 Å². The number of piperidine rings is 1. The van der Waals surface area contributed by atoms with Gasteiger partial charge in [0.15, 0.2) is 0 Å². The number of anilines is 4. The number of nitrogens with one attached hydrogen (secondary N) is 1. The molecule has 19 heteroatoms. The van der Waals surface area contributed by atoms with Gasteiger partial charge in [0.25, 0.3) is 5.69 Å². The van der Waals surface area contributed by atoms with Gasteiger partial charge in [0, 0.05) is 108 Å². The zero-order valence-electron chi connectivity index (χ0n) is 41.1. The summed E-state index contributed by atoms with van der Waals surface area (Å²) in [6.07, 6.45) is 2.30. The van der Waals surface area contributed by atoms with E-state index in [4.69, 9.17) is 20.6 Å². The molecule has 0 unspecified atom stereocenters. The number of carboxylic acid groups (broad SMARTS) is 1. The third-order valence-corrected chi connectivity index (χ3v) is 18.4. The molecule has 382 valence electrons. The highest BCUT2D eigenvalue weighted by atomic mass is 35.5. The van der Waals surface area contributed by atoms with Crippen molar-refractivity contribution in [2.75, 3.05) is 84.5 Å². The van der Waals surface area contributed by atoms with E-state index in [1.54, 1.807) is 28.6 Å². The second kappa shape index (κ2) is 23.2. The van der Waals surface area contributed by atoms with Crippen molar-refractivity contribution in [3.05, 3.63) is 148 Å². The van der Waals surface area contributed by atoms with Gasteiger partial charge in [-0.3, -0.25) is 23.9 Å². The fourth-order valence-corrected chi connectivity index (χ4v) is 14.1. The molecular weight excluding hydrogens is 1000 g/mol. The molecule has 3 aliphatic heterocycles. The highest BCUT2D eigenvalue weighted by Gasteiger charge is 2.41. The molecule has 3 saturated heterocycles. The summed E-state index contributed by atoms with van der Waals surface area (Å²) in [5.74, 6) is -0.299. The van der Waals surface area contributed by atoms with Gasteiger partial charge in [-0.05, 0) is 124 Å². The molecule has 0 spiro atoms. The maximum atomic E-state index is 14.9. The molecule has 4 heterocycles. The van der Waals surface area contributed by atoms with Crippen molar-refractivity contribution in [3.8, 4) is 22.4 Å². The van der Waals surface area contributed by atoms with E-state index in [-0.39, 0.29) is 50.0 Å². The number of rotatable bonds is 19. The van der Waals surface area contributed by atoms with Crippen molar-refractivity contribution in [2.24, 2.45) is 0 Å². The topological polar surface area (TPSA) is 163 Å². The molecule has 3 aliphatic rings. The van der Waals surface area contributed by atoms with Crippen LogP contribution in [-0.4, -0.2) is 102 Å². The van der Waals surface area contributed by atoms with Crippen molar-refractivity contribution in [1.29, 1.82) is 0 Å². The van der Waals surface area contributed by atoms with Crippen LogP contribution in [0.25, 0.3) is 22.4 Å². The lowest BCUT2D eigenvalue weighted by Gasteiger charge is -2.37. The second-order valence-corrected chi connectivity index (χ2v) is 23.1. The van der Waals surface area contributed by atoms with Gasteiger partial charge in [0.05, 0.1) is 40.7 Å². The van der Waals surface area contributed by atoms with E-state index in [1.165, 1.54) is 6.07 Å². The number of nitro groups is 1. The third kappa shape index (κ3) is 11.7. The molecule has 1 aromatic heterocycles. The Bertz CT molecular complexity index is 2970. The predicted octanol–water partition coefficient (Wildman–Crippen LogP) is 12.3. The maximum Gasteiger partial charge on any atom is 0.338 e. The lowest BCUT2D eigenvalue weighted by molar-refractivity contribution is -0.383. The highest BCUT2D eigenvalue weighted by molar-refractivity contribution is 7.99. The van der Waals surface area contributed by atoms with Crippen LogP contribution in [0.2, 0.25) is 5.02 Å². The fourth-order valence-electron chi connectivity index (χ4n) is 10.4. The van der Waals surface area contributed by atoms with Crippen LogP contribution in [0.15, 0.2) is 126 Å². The first kappa shape index (κ1) is 52.2. The number of carboxylic acids is 1. The summed E-state index contributed by atoms with van der Waals surface area (Å²) in [6.45, 7) is 11.9. The molecule has 2 atom stereocenters. The van der Waals surface area contributed by atoms with E-state index < -0.39 is 18.4 Å². The number of nitrogens with zero attached hydrogens (tertiary/aromatic N) is 6. The van der Waals surface area contributed by atoms with Crippen LogP contribution in [0, 0.1) is 17.0 Å². The Labute approximate surface area is 437 Å². The number of piperazine rings is 1. The molecule has 73 heavy (non-hydrogen) atoms. The number of halogens is 1. The van der Waals surface area contributed by atoms with Crippen molar-refractivity contribution in [2.45, 2.75) is 63.1 Å². The molecule has 15 nitrogen and oxygen atoms in total. The molecule has 0 amide bonds. The number of hydrogen-bond donors (Lipinski definition) is 2. The van der Waals surface area contributed by atoms with Crippen molar-refractivity contribution in [3.63, 3.8) is 0 Å². The normalized spacial score (nSPS) is 18.2. The largest absolute Gasteiger partial charge is 0.478 e. The van der Waals surface area contributed by atoms with Crippen molar-refractivity contribution in [1.82, 2.24) is 9.47 Å². The summed E-state index contributed by atoms with van der Waals surface area (Å²) in [4.78, 5) is 33.3. The van der Waals surface area contributed by atoms with Crippen LogP contribution in [0.5, 0.6) is 0 Å². The summed E-state index contributed by atoms with van der Waals surface area (Å²) in [7, 11) is -4.02. The van der Waals surface area contributed by atoms with Crippen LogP contribution in [0.4, 0.5) is 28.4 Å². The van der Waals surface area contributed by atoms with Gasteiger partial charge in [0.2, 0.25) is 0 Å². The van der Waals surface area contributed by atoms with Gasteiger partial charge in [-0.15, -0.1) is 11.8 Å². The molecule has 5 aromatic carbocycles. The molecule has 3 fully saturated rings. The summed E-state index contributed by atoms with van der Waals surface area (Å²) in [5, 5.41) is 27.7. The average molecular weight is 1060 g/mol. The molecule has 9 rings (SSSR count). The first-order valence-electron chi connectivity index (χ1n) is 24.7. The van der Waals surface area contributed by atoms with Gasteiger partial charge in [-0.1, -0.05) is 54.1 Å². The van der Waals surface area contributed by atoms with Gasteiger partial charge in [-0.25, -0.2) is 9.36 Å². The van der Waals surface area contributed by atoms with Gasteiger partial charge in [-0.2, -0.15) is 0 Å². The zero-order chi connectivity index (χ0) is 51.2. The lowest BCUT2D eigenvalue weighted by Crippen LogP contribution is -2.46. The van der Waals surface area contributed by atoms with Crippen LogP contribution in [0.1, 0.15) is 55.2 Å². The predicted molar refractivity (Wildman–Crippen MR) is 294 cm³/mol. The smallest absolute Gasteiger partial charge is 0.338 e. The minimum atomic E-state index is -3.72. The van der Waals surface area contributed by atoms with Crippen LogP contribution in [0.3, 0.4) is 0 Å². The summed E-state index contributed by atoms with van der Waals surface area (Å²) in [5.41, 5.74) is 7.15. The molecule has 6 aromatic rings. The quantitative estimate of drug-likeness (QED) is 0.0341. The summed E-state index contributed by atoms with van der Waals surface area (Å²) >= 11 is 7.97. The number of aromatic carboxylic acids is 1. The first-order valence-corrected chi connectivity index (χ1v) is 28.4. The van der Waals surface area contributed by atoms with E-state index in [0.29, 0.717) is 40.0 Å². The number of aromatic nitrogens is 1. The lowest BCUT2D eigenvalue weighted by atomic mass is 9.96. The Kier molecular flexibility index (Phi) is 16.6. The summed E-state index contributed by atoms with van der Waals surface area (Å²) < 4.78 is 41.0. The number of benzene rings is 5. The molecule has 2 N–H and O–H groups in total.